The van der Waals surface area contributed by atoms with Crippen molar-refractivity contribution in [1.29, 1.82) is 0 Å². The van der Waals surface area contributed by atoms with Gasteiger partial charge >= 0.3 is 0 Å². The smallest absolute Gasteiger partial charge is 0.126 e. The van der Waals surface area contributed by atoms with Gasteiger partial charge in [0, 0.05) is 16.6 Å². The molecule has 0 fully saturated rings. The predicted molar refractivity (Wildman–Crippen MR) is 79.8 cm³/mol. The molecule has 0 amide bonds. The van der Waals surface area contributed by atoms with Gasteiger partial charge in [-0.2, -0.15) is 0 Å². The summed E-state index contributed by atoms with van der Waals surface area (Å²) in [5.41, 5.74) is 2.82. The summed E-state index contributed by atoms with van der Waals surface area (Å²) in [6, 6.07) is 4.65. The average Bonchev–Trinajstić information content (AvgIpc) is 2.65. The van der Waals surface area contributed by atoms with E-state index >= 15 is 0 Å². The standard InChI is InChI=1S/C16H19ClFNO/c1-9-10(2)20-11(3)16(9)15(19-4)8-12-7-13(17)5-6-14(12)18/h5-7,15,19H,8H2,1-4H3. The Kier molecular flexibility index (Phi) is 4.51. The minimum Gasteiger partial charge on any atom is -0.466 e. The van der Waals surface area contributed by atoms with E-state index < -0.39 is 0 Å². The fourth-order valence-electron chi connectivity index (χ4n) is 2.59. The summed E-state index contributed by atoms with van der Waals surface area (Å²) < 4.78 is 19.5. The monoisotopic (exact) mass is 295 g/mol. The van der Waals surface area contributed by atoms with Crippen LogP contribution < -0.4 is 5.32 Å². The summed E-state index contributed by atoms with van der Waals surface area (Å²) in [4.78, 5) is 0. The number of nitrogens with one attached hydrogen (secondary N) is 1. The van der Waals surface area contributed by atoms with E-state index in [-0.39, 0.29) is 11.9 Å². The normalized spacial score (nSPS) is 12.7. The van der Waals surface area contributed by atoms with E-state index in [0.29, 0.717) is 17.0 Å². The SMILES string of the molecule is CNC(Cc1cc(Cl)ccc1F)c1c(C)oc(C)c1C. The lowest BCUT2D eigenvalue weighted by Gasteiger charge is -2.17. The summed E-state index contributed by atoms with van der Waals surface area (Å²) in [5, 5.41) is 3.79. The summed E-state index contributed by atoms with van der Waals surface area (Å²) in [6.45, 7) is 5.91. The van der Waals surface area contributed by atoms with Crippen LogP contribution in [0.5, 0.6) is 0 Å². The predicted octanol–water partition coefficient (Wildman–Crippen LogP) is 4.50. The number of furan rings is 1. The molecule has 2 rings (SSSR count). The Balaban J connectivity index is 2.36. The van der Waals surface area contributed by atoms with Crippen molar-refractivity contribution in [3.63, 3.8) is 0 Å². The highest BCUT2D eigenvalue weighted by molar-refractivity contribution is 6.30. The first-order valence-corrected chi connectivity index (χ1v) is 6.99. The Morgan fingerprint density at radius 3 is 2.50 bits per heavy atom. The zero-order valence-corrected chi connectivity index (χ0v) is 12.9. The average molecular weight is 296 g/mol. The maximum Gasteiger partial charge on any atom is 0.126 e. The summed E-state index contributed by atoms with van der Waals surface area (Å²) in [6.07, 6.45) is 0.531. The van der Waals surface area contributed by atoms with Gasteiger partial charge < -0.3 is 9.73 Å². The minimum atomic E-state index is -0.231. The number of hydrogen-bond acceptors (Lipinski definition) is 2. The Hall–Kier alpha value is -1.32. The number of benzene rings is 1. The van der Waals surface area contributed by atoms with Crippen molar-refractivity contribution in [2.75, 3.05) is 7.05 Å². The maximum absolute atomic E-state index is 13.9. The second kappa shape index (κ2) is 5.98. The lowest BCUT2D eigenvalue weighted by molar-refractivity contribution is 0.487. The van der Waals surface area contributed by atoms with Crippen molar-refractivity contribution in [2.24, 2.45) is 0 Å². The van der Waals surface area contributed by atoms with Crippen LogP contribution in [-0.2, 0) is 6.42 Å². The van der Waals surface area contributed by atoms with E-state index in [4.69, 9.17) is 16.0 Å². The number of hydrogen-bond donors (Lipinski definition) is 1. The van der Waals surface area contributed by atoms with E-state index in [1.807, 2.05) is 27.8 Å². The van der Waals surface area contributed by atoms with E-state index in [1.54, 1.807) is 12.1 Å². The zero-order chi connectivity index (χ0) is 14.9. The van der Waals surface area contributed by atoms with E-state index in [2.05, 4.69) is 5.32 Å². The van der Waals surface area contributed by atoms with Crippen LogP contribution in [0, 0.1) is 26.6 Å². The van der Waals surface area contributed by atoms with Crippen LogP contribution in [0.4, 0.5) is 4.39 Å². The van der Waals surface area contributed by atoms with Gasteiger partial charge in [0.1, 0.15) is 17.3 Å². The number of aryl methyl sites for hydroxylation is 2. The third kappa shape index (κ3) is 2.89. The van der Waals surface area contributed by atoms with Gasteiger partial charge in [-0.1, -0.05) is 11.6 Å². The molecule has 4 heteroatoms. The van der Waals surface area contributed by atoms with Gasteiger partial charge in [0.15, 0.2) is 0 Å². The van der Waals surface area contributed by atoms with Crippen LogP contribution in [0.2, 0.25) is 5.02 Å². The third-order valence-electron chi connectivity index (χ3n) is 3.75. The molecule has 0 aliphatic heterocycles. The number of likely N-dealkylation sites (N-methyl/N-ethyl adjacent to an activating group) is 1. The minimum absolute atomic E-state index is 0.000386. The van der Waals surface area contributed by atoms with Gasteiger partial charge in [-0.15, -0.1) is 0 Å². The van der Waals surface area contributed by atoms with Crippen LogP contribution in [0.3, 0.4) is 0 Å². The Morgan fingerprint density at radius 1 is 1.25 bits per heavy atom. The molecule has 0 saturated carbocycles. The van der Waals surface area contributed by atoms with Crippen LogP contribution in [0.1, 0.15) is 34.3 Å². The van der Waals surface area contributed by atoms with Gasteiger partial charge in [0.05, 0.1) is 0 Å². The molecule has 1 N–H and O–H groups in total. The van der Waals surface area contributed by atoms with Crippen molar-refractivity contribution in [3.8, 4) is 0 Å². The molecule has 1 heterocycles. The summed E-state index contributed by atoms with van der Waals surface area (Å²) in [7, 11) is 1.87. The second-order valence-corrected chi connectivity index (χ2v) is 5.47. The van der Waals surface area contributed by atoms with Crippen LogP contribution in [-0.4, -0.2) is 7.05 Å². The van der Waals surface area contributed by atoms with Crippen molar-refractivity contribution in [3.05, 3.63) is 57.2 Å². The number of rotatable bonds is 4. The topological polar surface area (TPSA) is 25.2 Å². The fraction of sp³-hybridized carbons (Fsp3) is 0.375. The van der Waals surface area contributed by atoms with Crippen molar-refractivity contribution in [2.45, 2.75) is 33.2 Å². The molecule has 0 aliphatic rings. The summed E-state index contributed by atoms with van der Waals surface area (Å²) >= 11 is 5.95. The lowest BCUT2D eigenvalue weighted by Crippen LogP contribution is -2.20. The quantitative estimate of drug-likeness (QED) is 0.898. The second-order valence-electron chi connectivity index (χ2n) is 5.03. The van der Waals surface area contributed by atoms with Crippen LogP contribution >= 0.6 is 11.6 Å². The van der Waals surface area contributed by atoms with Crippen LogP contribution in [0.25, 0.3) is 0 Å². The molecular weight excluding hydrogens is 277 g/mol. The molecule has 108 valence electrons. The fourth-order valence-corrected chi connectivity index (χ4v) is 2.78. The molecule has 1 unspecified atom stereocenters. The molecule has 20 heavy (non-hydrogen) atoms. The molecule has 0 saturated heterocycles. The Labute approximate surface area is 123 Å². The van der Waals surface area contributed by atoms with Gasteiger partial charge in [-0.05, 0) is 63.6 Å². The molecule has 2 aromatic rings. The first-order chi connectivity index (χ1) is 9.43. The molecule has 0 aliphatic carbocycles. The highest BCUT2D eigenvalue weighted by Crippen LogP contribution is 2.30. The van der Waals surface area contributed by atoms with E-state index in [0.717, 1.165) is 22.6 Å². The summed E-state index contributed by atoms with van der Waals surface area (Å²) in [5.74, 6) is 1.55. The highest BCUT2D eigenvalue weighted by atomic mass is 35.5. The molecule has 1 aromatic carbocycles. The van der Waals surface area contributed by atoms with Gasteiger partial charge in [0.2, 0.25) is 0 Å². The van der Waals surface area contributed by atoms with Gasteiger partial charge in [-0.3, -0.25) is 0 Å². The van der Waals surface area contributed by atoms with Crippen LogP contribution in [0.15, 0.2) is 22.6 Å². The van der Waals surface area contributed by atoms with Crippen molar-refractivity contribution >= 4 is 11.6 Å². The van der Waals surface area contributed by atoms with E-state index in [9.17, 15) is 4.39 Å². The lowest BCUT2D eigenvalue weighted by atomic mass is 9.95. The molecule has 1 atom stereocenters. The first kappa shape index (κ1) is 15.1. The molecule has 0 bridgehead atoms. The van der Waals surface area contributed by atoms with Gasteiger partial charge in [0.25, 0.3) is 0 Å². The Morgan fingerprint density at radius 2 is 1.95 bits per heavy atom. The largest absolute Gasteiger partial charge is 0.466 e. The first-order valence-electron chi connectivity index (χ1n) is 6.61. The zero-order valence-electron chi connectivity index (χ0n) is 12.2. The molecule has 2 nitrogen and oxygen atoms in total. The van der Waals surface area contributed by atoms with Crippen molar-refractivity contribution in [1.82, 2.24) is 5.32 Å². The maximum atomic E-state index is 13.9. The van der Waals surface area contributed by atoms with E-state index in [1.165, 1.54) is 6.07 Å². The number of halogens is 2. The van der Waals surface area contributed by atoms with Crippen molar-refractivity contribution < 1.29 is 8.81 Å². The Bertz CT molecular complexity index is 621. The molecular formula is C16H19ClFNO. The third-order valence-corrected chi connectivity index (χ3v) is 3.98. The molecule has 0 radical (unpaired) electrons. The highest BCUT2D eigenvalue weighted by Gasteiger charge is 2.21. The van der Waals surface area contributed by atoms with Gasteiger partial charge in [-0.25, -0.2) is 4.39 Å². The molecule has 0 spiro atoms. The molecule has 1 aromatic heterocycles.